The van der Waals surface area contributed by atoms with Crippen molar-refractivity contribution in [2.75, 3.05) is 31.6 Å². The first-order valence-electron chi connectivity index (χ1n) is 13.5. The normalized spacial score (nSPS) is 15.7. The summed E-state index contributed by atoms with van der Waals surface area (Å²) in [6, 6.07) is 14.4. The van der Waals surface area contributed by atoms with Gasteiger partial charge in [-0.25, -0.2) is 4.79 Å². The lowest BCUT2D eigenvalue weighted by atomic mass is 9.88. The standard InChI is InChI=1S/C29H38N4O5/c1-3-32(2)28-30-23-15-14-22(17-26(23)38-28)27(35)33(18-21-12-8-5-9-13-21)19-25(34)24(31-29(36)37)16-20-10-6-4-7-11-20/h4,6-7,10-11,14-15,17,21,24-25,31,34H,3,5,8-9,12-13,16,18-19H2,1-2H3,(H,36,37)/t24-,25+/m0/s1. The number of amides is 2. The van der Waals surface area contributed by atoms with E-state index >= 15 is 0 Å². The molecule has 9 nitrogen and oxygen atoms in total. The van der Waals surface area contributed by atoms with E-state index in [2.05, 4.69) is 10.3 Å². The number of carbonyl (C=O) groups excluding carboxylic acids is 1. The number of hydrogen-bond donors (Lipinski definition) is 3. The molecule has 3 N–H and O–H groups in total. The molecule has 1 saturated carbocycles. The molecule has 1 aromatic heterocycles. The van der Waals surface area contributed by atoms with Gasteiger partial charge in [-0.15, -0.1) is 0 Å². The number of carboxylic acid groups (broad SMARTS) is 1. The first-order valence-corrected chi connectivity index (χ1v) is 13.5. The molecule has 4 rings (SSSR count). The lowest BCUT2D eigenvalue weighted by Gasteiger charge is -2.33. The molecule has 0 saturated heterocycles. The van der Waals surface area contributed by atoms with Gasteiger partial charge in [0, 0.05) is 32.2 Å². The molecule has 2 atom stereocenters. The van der Waals surface area contributed by atoms with E-state index in [0.29, 0.717) is 41.6 Å². The molecule has 1 heterocycles. The number of oxazole rings is 1. The number of nitrogens with zero attached hydrogens (tertiary/aromatic N) is 3. The third kappa shape index (κ3) is 7.04. The van der Waals surface area contributed by atoms with Crippen LogP contribution in [0.15, 0.2) is 52.9 Å². The number of benzene rings is 2. The smallest absolute Gasteiger partial charge is 0.404 e. The number of rotatable bonds is 11. The van der Waals surface area contributed by atoms with Gasteiger partial charge in [-0.1, -0.05) is 49.6 Å². The molecule has 0 spiro atoms. The van der Waals surface area contributed by atoms with Crippen LogP contribution < -0.4 is 10.2 Å². The van der Waals surface area contributed by atoms with Gasteiger partial charge in [0.15, 0.2) is 5.58 Å². The van der Waals surface area contributed by atoms with Crippen LogP contribution in [0, 0.1) is 5.92 Å². The highest BCUT2D eigenvalue weighted by molar-refractivity contribution is 5.97. The lowest BCUT2D eigenvalue weighted by molar-refractivity contribution is 0.0479. The number of nitrogens with one attached hydrogen (secondary N) is 1. The Morgan fingerprint density at radius 2 is 1.87 bits per heavy atom. The second-order valence-corrected chi connectivity index (χ2v) is 10.2. The Kier molecular flexibility index (Phi) is 9.23. The maximum atomic E-state index is 13.8. The van der Waals surface area contributed by atoms with Crippen molar-refractivity contribution in [1.29, 1.82) is 0 Å². The first kappa shape index (κ1) is 27.4. The molecular formula is C29H38N4O5. The Labute approximate surface area is 223 Å². The minimum atomic E-state index is -1.21. The van der Waals surface area contributed by atoms with Crippen LogP contribution in [0.5, 0.6) is 0 Å². The molecule has 204 valence electrons. The molecule has 9 heteroatoms. The Hall–Kier alpha value is -3.59. The second kappa shape index (κ2) is 12.8. The van der Waals surface area contributed by atoms with Crippen LogP contribution in [0.4, 0.5) is 10.8 Å². The summed E-state index contributed by atoms with van der Waals surface area (Å²) in [5.74, 6) is 0.130. The zero-order chi connectivity index (χ0) is 27.1. The number of anilines is 1. The van der Waals surface area contributed by atoms with Crippen LogP contribution >= 0.6 is 0 Å². The zero-order valence-corrected chi connectivity index (χ0v) is 22.2. The van der Waals surface area contributed by atoms with Gasteiger partial charge in [-0.05, 0) is 55.9 Å². The van der Waals surface area contributed by atoms with Crippen LogP contribution in [0.1, 0.15) is 54.9 Å². The van der Waals surface area contributed by atoms with Crippen LogP contribution in [-0.2, 0) is 6.42 Å². The van der Waals surface area contributed by atoms with Gasteiger partial charge in [0.25, 0.3) is 11.9 Å². The summed E-state index contributed by atoms with van der Waals surface area (Å²) < 4.78 is 5.89. The fraction of sp³-hybridized carbons (Fsp3) is 0.483. The van der Waals surface area contributed by atoms with Crippen LogP contribution in [-0.4, -0.2) is 70.9 Å². The molecule has 1 aliphatic rings. The van der Waals surface area contributed by atoms with E-state index in [9.17, 15) is 19.8 Å². The number of aliphatic hydroxyl groups excluding tert-OH is 1. The minimum Gasteiger partial charge on any atom is -0.465 e. The largest absolute Gasteiger partial charge is 0.465 e. The number of aromatic nitrogens is 1. The molecule has 2 amide bonds. The van der Waals surface area contributed by atoms with Crippen LogP contribution in [0.25, 0.3) is 11.1 Å². The second-order valence-electron chi connectivity index (χ2n) is 10.2. The summed E-state index contributed by atoms with van der Waals surface area (Å²) in [4.78, 5) is 33.4. The van der Waals surface area contributed by atoms with Crippen molar-refractivity contribution in [2.24, 2.45) is 5.92 Å². The highest BCUT2D eigenvalue weighted by atomic mass is 16.4. The topological polar surface area (TPSA) is 119 Å². The van der Waals surface area contributed by atoms with Crippen molar-refractivity contribution >= 4 is 29.1 Å². The molecule has 1 fully saturated rings. The average molecular weight is 523 g/mol. The fourth-order valence-electron chi connectivity index (χ4n) is 5.11. The zero-order valence-electron chi connectivity index (χ0n) is 22.2. The molecule has 0 radical (unpaired) electrons. The molecule has 1 aliphatic carbocycles. The summed E-state index contributed by atoms with van der Waals surface area (Å²) in [5, 5.41) is 23.1. The maximum Gasteiger partial charge on any atom is 0.404 e. The number of aliphatic hydroxyl groups is 1. The predicted octanol–water partition coefficient (Wildman–Crippen LogP) is 4.55. The third-order valence-corrected chi connectivity index (χ3v) is 7.39. The molecule has 2 aromatic carbocycles. The van der Waals surface area contributed by atoms with Crippen LogP contribution in [0.2, 0.25) is 0 Å². The molecule has 0 bridgehead atoms. The van der Waals surface area contributed by atoms with Crippen molar-refractivity contribution in [2.45, 2.75) is 57.6 Å². The van der Waals surface area contributed by atoms with Gasteiger partial charge in [-0.3, -0.25) is 4.79 Å². The number of fused-ring (bicyclic) bond motifs is 1. The van der Waals surface area contributed by atoms with Gasteiger partial charge < -0.3 is 29.7 Å². The monoisotopic (exact) mass is 522 g/mol. The Bertz CT molecular complexity index is 1210. The van der Waals surface area contributed by atoms with E-state index in [-0.39, 0.29) is 12.5 Å². The van der Waals surface area contributed by atoms with Crippen molar-refractivity contribution in [3.63, 3.8) is 0 Å². The van der Waals surface area contributed by atoms with E-state index < -0.39 is 18.2 Å². The van der Waals surface area contributed by atoms with Crippen molar-refractivity contribution in [3.8, 4) is 0 Å². The Morgan fingerprint density at radius 1 is 1.13 bits per heavy atom. The van der Waals surface area contributed by atoms with Gasteiger partial charge >= 0.3 is 6.09 Å². The van der Waals surface area contributed by atoms with Gasteiger partial charge in [0.2, 0.25) is 0 Å². The summed E-state index contributed by atoms with van der Waals surface area (Å²) in [6.45, 7) is 3.27. The quantitative estimate of drug-likeness (QED) is 0.338. The SMILES string of the molecule is CCN(C)c1nc2ccc(C(=O)N(CC3CCCCC3)C[C@@H](O)[C@H](Cc3ccccc3)NC(=O)O)cc2o1. The average Bonchev–Trinajstić information content (AvgIpc) is 3.36. The highest BCUT2D eigenvalue weighted by Crippen LogP contribution is 2.27. The summed E-state index contributed by atoms with van der Waals surface area (Å²) in [7, 11) is 1.89. The molecule has 0 aliphatic heterocycles. The van der Waals surface area contributed by atoms with E-state index in [1.54, 1.807) is 23.1 Å². The molecule has 38 heavy (non-hydrogen) atoms. The van der Waals surface area contributed by atoms with Gasteiger partial charge in [-0.2, -0.15) is 4.98 Å². The molecular weight excluding hydrogens is 484 g/mol. The number of hydrogen-bond acceptors (Lipinski definition) is 6. The molecule has 3 aromatic rings. The van der Waals surface area contributed by atoms with Crippen molar-refractivity contribution < 1.29 is 24.2 Å². The first-order chi connectivity index (χ1) is 18.3. The predicted molar refractivity (Wildman–Crippen MR) is 147 cm³/mol. The van der Waals surface area contributed by atoms with Crippen LogP contribution in [0.3, 0.4) is 0 Å². The summed E-state index contributed by atoms with van der Waals surface area (Å²) in [5.41, 5.74) is 2.55. The van der Waals surface area contributed by atoms with Gasteiger partial charge in [0.1, 0.15) is 5.52 Å². The van der Waals surface area contributed by atoms with Crippen molar-refractivity contribution in [3.05, 3.63) is 59.7 Å². The molecule has 0 unspecified atom stereocenters. The fourth-order valence-corrected chi connectivity index (χ4v) is 5.11. The summed E-state index contributed by atoms with van der Waals surface area (Å²) in [6.07, 6.45) is 3.55. The van der Waals surface area contributed by atoms with E-state index in [0.717, 1.165) is 37.8 Å². The highest BCUT2D eigenvalue weighted by Gasteiger charge is 2.29. The number of carbonyl (C=O) groups is 2. The minimum absolute atomic E-state index is 0.0192. The maximum absolute atomic E-state index is 13.8. The van der Waals surface area contributed by atoms with E-state index in [1.807, 2.05) is 49.2 Å². The van der Waals surface area contributed by atoms with Gasteiger partial charge in [0.05, 0.1) is 12.1 Å². The third-order valence-electron chi connectivity index (χ3n) is 7.39. The van der Waals surface area contributed by atoms with E-state index in [1.165, 1.54) is 6.42 Å². The lowest BCUT2D eigenvalue weighted by Crippen LogP contribution is -2.51. The van der Waals surface area contributed by atoms with E-state index in [4.69, 9.17) is 4.42 Å². The Balaban J connectivity index is 1.57. The Morgan fingerprint density at radius 3 is 2.55 bits per heavy atom. The van der Waals surface area contributed by atoms with Crippen molar-refractivity contribution in [1.82, 2.24) is 15.2 Å². The summed E-state index contributed by atoms with van der Waals surface area (Å²) >= 11 is 0.